The Morgan fingerprint density at radius 2 is 2.00 bits per heavy atom. The van der Waals surface area contributed by atoms with E-state index in [-0.39, 0.29) is 5.91 Å². The first-order valence-electron chi connectivity index (χ1n) is 10.2. The highest BCUT2D eigenvalue weighted by atomic mass is 35.5. The summed E-state index contributed by atoms with van der Waals surface area (Å²) in [5.41, 5.74) is 0.969. The third-order valence-electron chi connectivity index (χ3n) is 5.41. The van der Waals surface area contributed by atoms with Crippen LogP contribution < -0.4 is 4.74 Å². The normalized spacial score (nSPS) is 19.4. The minimum atomic E-state index is 0.176. The van der Waals surface area contributed by atoms with Crippen molar-refractivity contribution in [2.24, 2.45) is 0 Å². The first-order chi connectivity index (χ1) is 13.9. The molecule has 0 N–H and O–H groups in total. The van der Waals surface area contributed by atoms with Gasteiger partial charge in [0, 0.05) is 23.7 Å². The maximum Gasteiger partial charge on any atom is 0.233 e. The minimum absolute atomic E-state index is 0.176. The first-order valence-corrected chi connectivity index (χ1v) is 11.5. The monoisotopic (exact) mass is 436 g/mol. The lowest BCUT2D eigenvalue weighted by Crippen LogP contribution is -2.48. The fraction of sp³-hybridized carbons (Fsp3) is 0.571. The van der Waals surface area contributed by atoms with Crippen molar-refractivity contribution in [1.29, 1.82) is 0 Å². The number of hydrogen-bond acceptors (Lipinski definition) is 5. The highest BCUT2D eigenvalue weighted by molar-refractivity contribution is 7.99. The van der Waals surface area contributed by atoms with Crippen LogP contribution >= 0.6 is 23.4 Å². The fourth-order valence-corrected chi connectivity index (χ4v) is 4.83. The Bertz CT molecular complexity index is 847. The number of ether oxygens (including phenoxy) is 1. The van der Waals surface area contributed by atoms with Gasteiger partial charge in [-0.15, -0.1) is 10.2 Å². The topological polar surface area (TPSA) is 60.2 Å². The van der Waals surface area contributed by atoms with Gasteiger partial charge in [-0.25, -0.2) is 0 Å². The molecule has 29 heavy (non-hydrogen) atoms. The van der Waals surface area contributed by atoms with E-state index >= 15 is 0 Å². The van der Waals surface area contributed by atoms with Crippen LogP contribution in [0.25, 0.3) is 0 Å². The van der Waals surface area contributed by atoms with Gasteiger partial charge in [0.05, 0.1) is 5.75 Å². The number of aryl methyl sites for hydroxylation is 1. The number of carbonyl (C=O) groups is 1. The van der Waals surface area contributed by atoms with Gasteiger partial charge in [0.2, 0.25) is 5.91 Å². The smallest absolute Gasteiger partial charge is 0.233 e. The standard InChI is InChI=1S/C21H29ClN4O2S/c1-5-25-19(12-28-17-9-10-18(22)14(2)11-17)23-24-21(25)29-13-20(27)26-15(3)7-6-8-16(26)4/h9-11,15-16H,5-8,12-13H2,1-4H3/t15-,16-/m1/s1. The van der Waals surface area contributed by atoms with E-state index in [9.17, 15) is 4.79 Å². The van der Waals surface area contributed by atoms with Crippen molar-refractivity contribution in [3.05, 3.63) is 34.6 Å². The van der Waals surface area contributed by atoms with E-state index in [1.165, 1.54) is 18.2 Å². The highest BCUT2D eigenvalue weighted by Gasteiger charge is 2.29. The number of likely N-dealkylation sites (tertiary alicyclic amines) is 1. The number of carbonyl (C=O) groups excluding carboxylic acids is 1. The zero-order valence-corrected chi connectivity index (χ0v) is 19.1. The van der Waals surface area contributed by atoms with Gasteiger partial charge in [-0.3, -0.25) is 4.79 Å². The van der Waals surface area contributed by atoms with E-state index in [1.807, 2.05) is 41.5 Å². The Labute approximate surface area is 182 Å². The number of rotatable bonds is 7. The molecule has 6 nitrogen and oxygen atoms in total. The summed E-state index contributed by atoms with van der Waals surface area (Å²) in [6.07, 6.45) is 3.36. The lowest BCUT2D eigenvalue weighted by atomic mass is 9.98. The quantitative estimate of drug-likeness (QED) is 0.587. The molecule has 0 radical (unpaired) electrons. The molecule has 0 bridgehead atoms. The van der Waals surface area contributed by atoms with Crippen LogP contribution in [0.2, 0.25) is 5.02 Å². The molecule has 2 atom stereocenters. The van der Waals surface area contributed by atoms with Crippen LogP contribution in [0.1, 0.15) is 51.4 Å². The van der Waals surface area contributed by atoms with Crippen molar-refractivity contribution >= 4 is 29.3 Å². The molecule has 2 heterocycles. The molecule has 158 valence electrons. The zero-order chi connectivity index (χ0) is 21.0. The van der Waals surface area contributed by atoms with Crippen molar-refractivity contribution in [3.8, 4) is 5.75 Å². The molecule has 1 amide bonds. The lowest BCUT2D eigenvalue weighted by Gasteiger charge is -2.39. The summed E-state index contributed by atoms with van der Waals surface area (Å²) >= 11 is 7.52. The third kappa shape index (κ3) is 5.25. The van der Waals surface area contributed by atoms with E-state index in [1.54, 1.807) is 0 Å². The second-order valence-corrected chi connectivity index (χ2v) is 8.91. The second kappa shape index (κ2) is 9.85. The van der Waals surface area contributed by atoms with Crippen LogP contribution in [0.4, 0.5) is 0 Å². The van der Waals surface area contributed by atoms with Crippen molar-refractivity contribution in [2.45, 2.75) is 77.3 Å². The summed E-state index contributed by atoms with van der Waals surface area (Å²) in [5.74, 6) is 2.05. The minimum Gasteiger partial charge on any atom is -0.486 e. The average molecular weight is 437 g/mol. The van der Waals surface area contributed by atoms with Crippen molar-refractivity contribution < 1.29 is 9.53 Å². The molecule has 0 saturated carbocycles. The van der Waals surface area contributed by atoms with Gasteiger partial charge in [0.15, 0.2) is 11.0 Å². The Kier molecular flexibility index (Phi) is 7.46. The molecule has 0 unspecified atom stereocenters. The zero-order valence-electron chi connectivity index (χ0n) is 17.5. The number of halogens is 1. The molecule has 2 aromatic rings. The number of thioether (sulfide) groups is 1. The van der Waals surface area contributed by atoms with Crippen LogP contribution in [0.5, 0.6) is 5.75 Å². The van der Waals surface area contributed by atoms with Gasteiger partial charge in [0.1, 0.15) is 12.4 Å². The van der Waals surface area contributed by atoms with Crippen LogP contribution in [0.15, 0.2) is 23.4 Å². The van der Waals surface area contributed by atoms with Crippen molar-refractivity contribution in [2.75, 3.05) is 5.75 Å². The number of nitrogens with zero attached hydrogens (tertiary/aromatic N) is 4. The van der Waals surface area contributed by atoms with Crippen molar-refractivity contribution in [1.82, 2.24) is 19.7 Å². The molecule has 1 aliphatic heterocycles. The van der Waals surface area contributed by atoms with Crippen molar-refractivity contribution in [3.63, 3.8) is 0 Å². The van der Waals surface area contributed by atoms with E-state index < -0.39 is 0 Å². The summed E-state index contributed by atoms with van der Waals surface area (Å²) in [6, 6.07) is 6.19. The Morgan fingerprint density at radius 3 is 2.66 bits per heavy atom. The van der Waals surface area contributed by atoms with E-state index in [0.29, 0.717) is 24.4 Å². The van der Waals surface area contributed by atoms with Gasteiger partial charge >= 0.3 is 0 Å². The second-order valence-electron chi connectivity index (χ2n) is 7.56. The van der Waals surface area contributed by atoms with E-state index in [4.69, 9.17) is 16.3 Å². The number of aromatic nitrogens is 3. The molecule has 1 fully saturated rings. The van der Waals surface area contributed by atoms with Crippen LogP contribution in [-0.2, 0) is 17.9 Å². The Morgan fingerprint density at radius 1 is 1.28 bits per heavy atom. The SMILES string of the molecule is CCn1c(COc2ccc(Cl)c(C)c2)nnc1SCC(=O)N1[C@H](C)CCC[C@H]1C. The highest BCUT2D eigenvalue weighted by Crippen LogP contribution is 2.26. The molecule has 1 aromatic heterocycles. The largest absolute Gasteiger partial charge is 0.486 e. The predicted molar refractivity (Wildman–Crippen MR) is 117 cm³/mol. The number of hydrogen-bond donors (Lipinski definition) is 0. The fourth-order valence-electron chi connectivity index (χ4n) is 3.82. The molecular weight excluding hydrogens is 408 g/mol. The summed E-state index contributed by atoms with van der Waals surface area (Å²) < 4.78 is 7.87. The van der Waals surface area contributed by atoms with Crippen LogP contribution in [0, 0.1) is 6.92 Å². The van der Waals surface area contributed by atoms with Gasteiger partial charge in [-0.2, -0.15) is 0 Å². The van der Waals surface area contributed by atoms with Crippen LogP contribution in [-0.4, -0.2) is 43.4 Å². The maximum absolute atomic E-state index is 12.8. The number of piperidine rings is 1. The lowest BCUT2D eigenvalue weighted by molar-refractivity contribution is -0.134. The Balaban J connectivity index is 1.61. The summed E-state index contributed by atoms with van der Waals surface area (Å²) in [7, 11) is 0. The number of benzene rings is 1. The first kappa shape index (κ1) is 22.0. The summed E-state index contributed by atoms with van der Waals surface area (Å²) in [4.78, 5) is 14.8. The van der Waals surface area contributed by atoms with Crippen LogP contribution in [0.3, 0.4) is 0 Å². The molecule has 1 aromatic carbocycles. The van der Waals surface area contributed by atoms with E-state index in [2.05, 4.69) is 24.0 Å². The molecular formula is C21H29ClN4O2S. The van der Waals surface area contributed by atoms with Gasteiger partial charge in [-0.1, -0.05) is 23.4 Å². The third-order valence-corrected chi connectivity index (χ3v) is 6.79. The van der Waals surface area contributed by atoms with Gasteiger partial charge in [-0.05, 0) is 70.7 Å². The molecule has 0 aliphatic carbocycles. The predicted octanol–water partition coefficient (Wildman–Crippen LogP) is 4.72. The average Bonchev–Trinajstić information content (AvgIpc) is 3.09. The molecule has 0 spiro atoms. The molecule has 3 rings (SSSR count). The summed E-state index contributed by atoms with van der Waals surface area (Å²) in [6.45, 7) is 9.30. The maximum atomic E-state index is 12.8. The summed E-state index contributed by atoms with van der Waals surface area (Å²) in [5, 5.41) is 10.0. The molecule has 1 aliphatic rings. The Hall–Kier alpha value is -1.73. The van der Waals surface area contributed by atoms with Gasteiger partial charge in [0.25, 0.3) is 0 Å². The van der Waals surface area contributed by atoms with Gasteiger partial charge < -0.3 is 14.2 Å². The number of amides is 1. The molecule has 1 saturated heterocycles. The molecule has 8 heteroatoms. The van der Waals surface area contributed by atoms with E-state index in [0.717, 1.165) is 46.7 Å².